The number of hydrogen-bond donors (Lipinski definition) is 1. The van der Waals surface area contributed by atoms with Crippen LogP contribution in [0.3, 0.4) is 0 Å². The van der Waals surface area contributed by atoms with E-state index in [1.165, 1.54) is 0 Å². The molecule has 0 saturated carbocycles. The largest absolute Gasteiger partial charge is 0.325 e. The summed E-state index contributed by atoms with van der Waals surface area (Å²) in [6, 6.07) is 16.1. The van der Waals surface area contributed by atoms with Crippen molar-refractivity contribution < 1.29 is 4.79 Å². The molecule has 1 N–H and O–H groups in total. The molecule has 0 aromatic heterocycles. The van der Waals surface area contributed by atoms with E-state index in [1.807, 2.05) is 32.0 Å². The number of nitriles is 1. The van der Waals surface area contributed by atoms with Crippen molar-refractivity contribution in [3.05, 3.63) is 64.7 Å². The molecule has 0 aliphatic heterocycles. The van der Waals surface area contributed by atoms with Crippen molar-refractivity contribution in [1.82, 2.24) is 0 Å². The average molecular weight is 299 g/mol. The Bertz CT molecular complexity index is 682. The van der Waals surface area contributed by atoms with Gasteiger partial charge in [0, 0.05) is 10.7 Å². The zero-order chi connectivity index (χ0) is 15.5. The number of benzene rings is 2. The molecule has 0 aliphatic rings. The second-order valence-corrected chi connectivity index (χ2v) is 5.71. The molecule has 2 rings (SSSR count). The molecule has 21 heavy (non-hydrogen) atoms. The third-order valence-electron chi connectivity index (χ3n) is 3.41. The molecule has 2 aromatic rings. The van der Waals surface area contributed by atoms with Gasteiger partial charge in [-0.05, 0) is 55.8 Å². The minimum absolute atomic E-state index is 0.116. The molecule has 0 heterocycles. The molecule has 2 aromatic carbocycles. The van der Waals surface area contributed by atoms with Crippen molar-refractivity contribution in [2.45, 2.75) is 19.3 Å². The Balaban J connectivity index is 2.17. The Morgan fingerprint density at radius 1 is 1.10 bits per heavy atom. The molecular formula is C17H15ClN2O. The molecule has 0 saturated heterocycles. The second kappa shape index (κ2) is 5.99. The highest BCUT2D eigenvalue weighted by Gasteiger charge is 2.29. The van der Waals surface area contributed by atoms with Gasteiger partial charge in [0.05, 0.1) is 17.0 Å². The van der Waals surface area contributed by atoms with Gasteiger partial charge in [0.25, 0.3) is 0 Å². The second-order valence-electron chi connectivity index (χ2n) is 5.28. The summed E-state index contributed by atoms with van der Waals surface area (Å²) in [6.45, 7) is 3.71. The van der Waals surface area contributed by atoms with Gasteiger partial charge >= 0.3 is 0 Å². The summed E-state index contributed by atoms with van der Waals surface area (Å²) >= 11 is 5.87. The van der Waals surface area contributed by atoms with Crippen molar-refractivity contribution in [1.29, 1.82) is 5.26 Å². The molecule has 0 atom stereocenters. The Labute approximate surface area is 129 Å². The molecule has 0 aliphatic carbocycles. The van der Waals surface area contributed by atoms with Crippen molar-refractivity contribution >= 4 is 23.2 Å². The maximum atomic E-state index is 12.5. The fraction of sp³-hybridized carbons (Fsp3) is 0.176. The van der Waals surface area contributed by atoms with Gasteiger partial charge in [-0.1, -0.05) is 23.7 Å². The minimum atomic E-state index is -0.682. The molecular weight excluding hydrogens is 284 g/mol. The third kappa shape index (κ3) is 3.42. The molecule has 0 fully saturated rings. The number of rotatable bonds is 3. The Morgan fingerprint density at radius 3 is 2.19 bits per heavy atom. The van der Waals surface area contributed by atoms with Gasteiger partial charge in [0.15, 0.2) is 0 Å². The molecule has 0 bridgehead atoms. The number of nitrogens with zero attached hydrogens (tertiary/aromatic N) is 1. The highest BCUT2D eigenvalue weighted by Crippen LogP contribution is 2.26. The first kappa shape index (κ1) is 15.1. The number of halogens is 1. The number of anilines is 1. The number of amides is 1. The van der Waals surface area contributed by atoms with E-state index in [0.717, 1.165) is 5.56 Å². The third-order valence-corrected chi connectivity index (χ3v) is 3.66. The van der Waals surface area contributed by atoms with E-state index < -0.39 is 5.41 Å². The molecule has 1 amide bonds. The van der Waals surface area contributed by atoms with Crippen LogP contribution in [0.4, 0.5) is 5.69 Å². The fourth-order valence-electron chi connectivity index (χ4n) is 1.91. The average Bonchev–Trinajstić information content (AvgIpc) is 2.48. The highest BCUT2D eigenvalue weighted by molar-refractivity contribution is 6.30. The lowest BCUT2D eigenvalue weighted by Crippen LogP contribution is -2.34. The van der Waals surface area contributed by atoms with Gasteiger partial charge in [-0.3, -0.25) is 4.79 Å². The van der Waals surface area contributed by atoms with Crippen LogP contribution >= 0.6 is 11.6 Å². The van der Waals surface area contributed by atoms with E-state index in [1.54, 1.807) is 36.4 Å². The van der Waals surface area contributed by atoms with Gasteiger partial charge < -0.3 is 5.32 Å². The first-order valence-corrected chi connectivity index (χ1v) is 6.89. The topological polar surface area (TPSA) is 52.9 Å². The van der Waals surface area contributed by atoms with Crippen LogP contribution in [0, 0.1) is 11.3 Å². The lowest BCUT2D eigenvalue weighted by molar-refractivity contribution is -0.120. The zero-order valence-electron chi connectivity index (χ0n) is 11.9. The summed E-state index contributed by atoms with van der Waals surface area (Å²) in [4.78, 5) is 12.5. The van der Waals surface area contributed by atoms with Crippen molar-refractivity contribution in [2.24, 2.45) is 0 Å². The van der Waals surface area contributed by atoms with Gasteiger partial charge in [0.1, 0.15) is 0 Å². The Kier molecular flexibility index (Phi) is 4.30. The fourth-order valence-corrected chi connectivity index (χ4v) is 2.04. The summed E-state index contributed by atoms with van der Waals surface area (Å²) in [6.07, 6.45) is 0. The Morgan fingerprint density at radius 2 is 1.67 bits per heavy atom. The van der Waals surface area contributed by atoms with E-state index in [9.17, 15) is 4.79 Å². The zero-order valence-corrected chi connectivity index (χ0v) is 12.6. The number of carbonyl (C=O) groups excluding carboxylic acids is 1. The molecule has 0 radical (unpaired) electrons. The quantitative estimate of drug-likeness (QED) is 0.926. The van der Waals surface area contributed by atoms with Crippen molar-refractivity contribution in [3.8, 4) is 6.07 Å². The van der Waals surface area contributed by atoms with E-state index in [-0.39, 0.29) is 5.91 Å². The number of carbonyl (C=O) groups is 1. The monoisotopic (exact) mass is 298 g/mol. The smallest absolute Gasteiger partial charge is 0.234 e. The van der Waals surface area contributed by atoms with Crippen LogP contribution in [0.15, 0.2) is 48.5 Å². The van der Waals surface area contributed by atoms with Gasteiger partial charge in [-0.2, -0.15) is 5.26 Å². The molecule has 3 nitrogen and oxygen atoms in total. The summed E-state index contributed by atoms with van der Waals surface area (Å²) in [5.41, 5.74) is 1.43. The predicted octanol–water partition coefficient (Wildman–Crippen LogP) is 4.13. The standard InChI is InChI=1S/C17H15ClN2O/c1-17(2,13-5-7-14(18)8-6-13)16(21)20-15-9-3-12(11-19)4-10-15/h3-10H,1-2H3,(H,20,21). The molecule has 106 valence electrons. The van der Waals surface area contributed by atoms with Crippen LogP contribution in [0.1, 0.15) is 25.0 Å². The summed E-state index contributed by atoms with van der Waals surface area (Å²) in [5.74, 6) is -0.116. The molecule has 4 heteroatoms. The maximum Gasteiger partial charge on any atom is 0.234 e. The van der Waals surface area contributed by atoms with Crippen LogP contribution < -0.4 is 5.32 Å². The predicted molar refractivity (Wildman–Crippen MR) is 84.3 cm³/mol. The maximum absolute atomic E-state index is 12.5. The number of hydrogen-bond acceptors (Lipinski definition) is 2. The van der Waals surface area contributed by atoms with E-state index in [4.69, 9.17) is 16.9 Å². The first-order valence-electron chi connectivity index (χ1n) is 6.51. The van der Waals surface area contributed by atoms with Crippen molar-refractivity contribution in [3.63, 3.8) is 0 Å². The van der Waals surface area contributed by atoms with Gasteiger partial charge in [0.2, 0.25) is 5.91 Å². The minimum Gasteiger partial charge on any atom is -0.325 e. The van der Waals surface area contributed by atoms with Crippen LogP contribution in [-0.2, 0) is 10.2 Å². The Hall–Kier alpha value is -2.31. The van der Waals surface area contributed by atoms with Gasteiger partial charge in [-0.15, -0.1) is 0 Å². The van der Waals surface area contributed by atoms with E-state index in [2.05, 4.69) is 5.32 Å². The van der Waals surface area contributed by atoms with Crippen LogP contribution in [-0.4, -0.2) is 5.91 Å². The molecule has 0 unspecified atom stereocenters. The lowest BCUT2D eigenvalue weighted by atomic mass is 9.83. The number of nitrogens with one attached hydrogen (secondary N) is 1. The van der Waals surface area contributed by atoms with E-state index >= 15 is 0 Å². The molecule has 0 spiro atoms. The highest BCUT2D eigenvalue weighted by atomic mass is 35.5. The van der Waals surface area contributed by atoms with E-state index in [0.29, 0.717) is 16.3 Å². The lowest BCUT2D eigenvalue weighted by Gasteiger charge is -2.24. The van der Waals surface area contributed by atoms with Crippen LogP contribution in [0.2, 0.25) is 5.02 Å². The van der Waals surface area contributed by atoms with Crippen LogP contribution in [0.25, 0.3) is 0 Å². The summed E-state index contributed by atoms with van der Waals surface area (Å²) in [5, 5.41) is 12.3. The SMILES string of the molecule is CC(C)(C(=O)Nc1ccc(C#N)cc1)c1ccc(Cl)cc1. The summed E-state index contributed by atoms with van der Waals surface area (Å²) in [7, 11) is 0. The van der Waals surface area contributed by atoms with Crippen LogP contribution in [0.5, 0.6) is 0 Å². The van der Waals surface area contributed by atoms with Gasteiger partial charge in [-0.25, -0.2) is 0 Å². The first-order chi connectivity index (χ1) is 9.93. The summed E-state index contributed by atoms with van der Waals surface area (Å²) < 4.78 is 0. The van der Waals surface area contributed by atoms with Crippen molar-refractivity contribution in [2.75, 3.05) is 5.32 Å². The normalized spacial score (nSPS) is 10.8.